The normalized spacial score (nSPS) is 17.8. The average molecular weight is 557 g/mol. The first-order valence-electron chi connectivity index (χ1n) is 13.6. The number of amides is 2. The molecule has 1 unspecified atom stereocenters. The molecule has 2 atom stereocenters. The van der Waals surface area contributed by atoms with Gasteiger partial charge in [-0.3, -0.25) is 9.69 Å². The maximum absolute atomic E-state index is 13.2. The molecule has 11 heteroatoms. The van der Waals surface area contributed by atoms with E-state index in [4.69, 9.17) is 18.9 Å². The molecule has 1 aliphatic heterocycles. The lowest BCUT2D eigenvalue weighted by molar-refractivity contribution is -0.0114. The molecule has 2 amide bonds. The van der Waals surface area contributed by atoms with E-state index in [1.165, 1.54) is 24.6 Å². The standard InChI is InChI=1S/C29H40N4O7/c1-29(2,3)40-28(36)33-16-19-11-21(39-17-37-4)10-9-18(19)12-23(33)24(34)14-31-27(35)22-13-26(30-15-25(22)38-5)32-20-7-6-8-20/h9-11,13,15,20,23-24,34H,6-8,12,14,16-17H2,1-5H3,(H,30,32)(H,31,35)/t23?,24-/m1/s1. The maximum Gasteiger partial charge on any atom is 0.410 e. The van der Waals surface area contributed by atoms with Gasteiger partial charge in [0.15, 0.2) is 6.79 Å². The van der Waals surface area contributed by atoms with E-state index in [9.17, 15) is 14.7 Å². The van der Waals surface area contributed by atoms with Crippen LogP contribution in [-0.2, 0) is 22.4 Å². The lowest BCUT2D eigenvalue weighted by Gasteiger charge is -2.40. The van der Waals surface area contributed by atoms with Crippen molar-refractivity contribution in [1.82, 2.24) is 15.2 Å². The van der Waals surface area contributed by atoms with Crippen LogP contribution in [0.15, 0.2) is 30.5 Å². The van der Waals surface area contributed by atoms with Gasteiger partial charge in [-0.15, -0.1) is 0 Å². The molecule has 2 aromatic rings. The number of ether oxygens (including phenoxy) is 4. The molecule has 0 saturated heterocycles. The van der Waals surface area contributed by atoms with Crippen molar-refractivity contribution in [2.45, 2.75) is 76.8 Å². The molecule has 1 saturated carbocycles. The van der Waals surface area contributed by atoms with Crippen LogP contribution in [0.3, 0.4) is 0 Å². The second-order valence-corrected chi connectivity index (χ2v) is 11.2. The topological polar surface area (TPSA) is 131 Å². The first kappa shape index (κ1) is 29.4. The summed E-state index contributed by atoms with van der Waals surface area (Å²) in [6, 6.07) is 7.01. The Kier molecular flexibility index (Phi) is 9.36. The van der Waals surface area contributed by atoms with Crippen LogP contribution < -0.4 is 20.1 Å². The number of benzene rings is 1. The summed E-state index contributed by atoms with van der Waals surface area (Å²) >= 11 is 0. The summed E-state index contributed by atoms with van der Waals surface area (Å²) < 4.78 is 21.6. The van der Waals surface area contributed by atoms with Crippen molar-refractivity contribution in [1.29, 1.82) is 0 Å². The van der Waals surface area contributed by atoms with E-state index in [1.54, 1.807) is 33.9 Å². The Labute approximate surface area is 235 Å². The number of anilines is 1. The first-order valence-corrected chi connectivity index (χ1v) is 13.6. The summed E-state index contributed by atoms with van der Waals surface area (Å²) in [5.74, 6) is 1.15. The van der Waals surface area contributed by atoms with E-state index >= 15 is 0 Å². The van der Waals surface area contributed by atoms with Crippen molar-refractivity contribution in [2.24, 2.45) is 0 Å². The van der Waals surface area contributed by atoms with E-state index in [-0.39, 0.29) is 19.9 Å². The molecular formula is C29H40N4O7. The number of aliphatic hydroxyl groups excluding tert-OH is 1. The molecule has 0 bridgehead atoms. The number of aromatic nitrogens is 1. The highest BCUT2D eigenvalue weighted by Gasteiger charge is 2.37. The highest BCUT2D eigenvalue weighted by molar-refractivity contribution is 5.97. The molecule has 0 radical (unpaired) electrons. The number of pyridine rings is 1. The number of hydrogen-bond donors (Lipinski definition) is 3. The third-order valence-corrected chi connectivity index (χ3v) is 7.02. The van der Waals surface area contributed by atoms with Crippen LogP contribution >= 0.6 is 0 Å². The van der Waals surface area contributed by atoms with Gasteiger partial charge in [-0.05, 0) is 75.8 Å². The van der Waals surface area contributed by atoms with E-state index in [0.29, 0.717) is 35.3 Å². The smallest absolute Gasteiger partial charge is 0.410 e. The number of carbonyl (C=O) groups excluding carboxylic acids is 2. The molecule has 1 aliphatic carbocycles. The molecule has 40 heavy (non-hydrogen) atoms. The van der Waals surface area contributed by atoms with Crippen molar-refractivity contribution in [3.8, 4) is 11.5 Å². The molecule has 0 spiro atoms. The highest BCUT2D eigenvalue weighted by Crippen LogP contribution is 2.30. The fourth-order valence-corrected chi connectivity index (χ4v) is 4.72. The SMILES string of the molecule is COCOc1ccc2c(c1)CN(C(=O)OC(C)(C)C)C([C@H](O)CNC(=O)c1cc(NC3CCC3)ncc1OC)C2. The zero-order valence-corrected chi connectivity index (χ0v) is 23.9. The lowest BCUT2D eigenvalue weighted by Crippen LogP contribution is -2.54. The van der Waals surface area contributed by atoms with E-state index < -0.39 is 29.7 Å². The number of rotatable bonds is 10. The average Bonchev–Trinajstić information content (AvgIpc) is 2.90. The second kappa shape index (κ2) is 12.7. The van der Waals surface area contributed by atoms with Gasteiger partial charge in [-0.1, -0.05) is 6.07 Å². The predicted octanol–water partition coefficient (Wildman–Crippen LogP) is 3.49. The van der Waals surface area contributed by atoms with Gasteiger partial charge in [-0.2, -0.15) is 0 Å². The van der Waals surface area contributed by atoms with Crippen molar-refractivity contribution in [3.05, 3.63) is 47.2 Å². The molecule has 4 rings (SSSR count). The van der Waals surface area contributed by atoms with Crippen LogP contribution in [0.5, 0.6) is 11.5 Å². The van der Waals surface area contributed by atoms with Crippen LogP contribution in [0, 0.1) is 0 Å². The van der Waals surface area contributed by atoms with Gasteiger partial charge in [0.1, 0.15) is 22.9 Å². The molecule has 2 aliphatic rings. The molecule has 3 N–H and O–H groups in total. The van der Waals surface area contributed by atoms with Crippen molar-refractivity contribution in [3.63, 3.8) is 0 Å². The number of nitrogens with one attached hydrogen (secondary N) is 2. The van der Waals surface area contributed by atoms with Gasteiger partial charge in [0, 0.05) is 26.2 Å². The molecule has 1 fully saturated rings. The van der Waals surface area contributed by atoms with Gasteiger partial charge in [-0.25, -0.2) is 9.78 Å². The Morgan fingerprint density at radius 2 is 1.95 bits per heavy atom. The van der Waals surface area contributed by atoms with Gasteiger partial charge in [0.05, 0.1) is 31.0 Å². The lowest BCUT2D eigenvalue weighted by atomic mass is 9.91. The number of aliphatic hydroxyl groups is 1. The summed E-state index contributed by atoms with van der Waals surface area (Å²) in [6.45, 7) is 5.63. The predicted molar refractivity (Wildman–Crippen MR) is 149 cm³/mol. The molecule has 11 nitrogen and oxygen atoms in total. The van der Waals surface area contributed by atoms with Crippen molar-refractivity contribution in [2.75, 3.05) is 32.9 Å². The molecule has 1 aromatic carbocycles. The minimum absolute atomic E-state index is 0.0793. The zero-order chi connectivity index (χ0) is 28.9. The molecule has 1 aromatic heterocycles. The van der Waals surface area contributed by atoms with Crippen molar-refractivity contribution < 1.29 is 33.6 Å². The number of methoxy groups -OCH3 is 2. The fraction of sp³-hybridized carbons (Fsp3) is 0.552. The third kappa shape index (κ3) is 7.33. The molecule has 218 valence electrons. The van der Waals surface area contributed by atoms with E-state index in [1.807, 2.05) is 18.2 Å². The summed E-state index contributed by atoms with van der Waals surface area (Å²) in [5.41, 5.74) is 1.46. The quantitative estimate of drug-likeness (QED) is 0.376. The summed E-state index contributed by atoms with van der Waals surface area (Å²) in [6.07, 6.45) is 3.61. The van der Waals surface area contributed by atoms with E-state index in [2.05, 4.69) is 15.6 Å². The summed E-state index contributed by atoms with van der Waals surface area (Å²) in [7, 11) is 3.02. The van der Waals surface area contributed by atoms with Crippen LogP contribution in [0.1, 0.15) is 61.5 Å². The van der Waals surface area contributed by atoms with Gasteiger partial charge >= 0.3 is 6.09 Å². The van der Waals surface area contributed by atoms with Gasteiger partial charge < -0.3 is 34.7 Å². The monoisotopic (exact) mass is 556 g/mol. The van der Waals surface area contributed by atoms with Crippen LogP contribution in [0.2, 0.25) is 0 Å². The minimum Gasteiger partial charge on any atom is -0.494 e. The highest BCUT2D eigenvalue weighted by atomic mass is 16.7. The second-order valence-electron chi connectivity index (χ2n) is 11.2. The van der Waals surface area contributed by atoms with Crippen LogP contribution in [0.25, 0.3) is 0 Å². The van der Waals surface area contributed by atoms with Gasteiger partial charge in [0.2, 0.25) is 0 Å². The summed E-state index contributed by atoms with van der Waals surface area (Å²) in [5, 5.41) is 17.4. The van der Waals surface area contributed by atoms with Crippen LogP contribution in [-0.4, -0.2) is 78.3 Å². The fourth-order valence-electron chi connectivity index (χ4n) is 4.72. The zero-order valence-electron chi connectivity index (χ0n) is 23.9. The maximum atomic E-state index is 13.2. The van der Waals surface area contributed by atoms with Crippen LogP contribution in [0.4, 0.5) is 10.6 Å². The molecule has 2 heterocycles. The number of fused-ring (bicyclic) bond motifs is 1. The number of hydrogen-bond acceptors (Lipinski definition) is 9. The van der Waals surface area contributed by atoms with Gasteiger partial charge in [0.25, 0.3) is 5.91 Å². The summed E-state index contributed by atoms with van der Waals surface area (Å²) in [4.78, 5) is 32.2. The molecular weight excluding hydrogens is 516 g/mol. The first-order chi connectivity index (χ1) is 19.1. The largest absolute Gasteiger partial charge is 0.494 e. The van der Waals surface area contributed by atoms with E-state index in [0.717, 1.165) is 24.0 Å². The number of carbonyl (C=O) groups is 2. The Balaban J connectivity index is 1.49. The number of nitrogens with zero attached hydrogens (tertiary/aromatic N) is 2. The Morgan fingerprint density at radius 1 is 1.18 bits per heavy atom. The van der Waals surface area contributed by atoms with Crippen molar-refractivity contribution >= 4 is 17.8 Å². The minimum atomic E-state index is -1.06. The Bertz CT molecular complexity index is 1200. The Morgan fingerprint density at radius 3 is 2.60 bits per heavy atom. The Hall–Kier alpha value is -3.57. The third-order valence-electron chi connectivity index (χ3n) is 7.02.